The molecule has 0 aromatic heterocycles. The van der Waals surface area contributed by atoms with Gasteiger partial charge in [-0.2, -0.15) is 0 Å². The predicted octanol–water partition coefficient (Wildman–Crippen LogP) is 5.86. The van der Waals surface area contributed by atoms with Gasteiger partial charge in [-0.3, -0.25) is 0 Å². The van der Waals surface area contributed by atoms with Crippen LogP contribution in [0.2, 0.25) is 0 Å². The maximum atomic E-state index is 12.3. The molecule has 0 saturated carbocycles. The Morgan fingerprint density at radius 2 is 0.830 bits per heavy atom. The third-order valence-electron chi connectivity index (χ3n) is 8.23. The predicted molar refractivity (Wildman–Crippen MR) is 204 cm³/mol. The lowest BCUT2D eigenvalue weighted by atomic mass is 9.98. The molecule has 0 saturated heterocycles. The number of nitrogens with one attached hydrogen (secondary N) is 1. The van der Waals surface area contributed by atoms with E-state index in [0.717, 1.165) is 31.7 Å². The van der Waals surface area contributed by atoms with Gasteiger partial charge in [0, 0.05) is 31.6 Å². The molecule has 0 heterocycles. The first-order chi connectivity index (χ1) is 26.3. The number of hydrogen-bond donors (Lipinski definition) is 1. The molecule has 0 spiro atoms. The number of alkyl halides is 1. The zero-order valence-corrected chi connectivity index (χ0v) is 32.2. The second-order valence-electron chi connectivity index (χ2n) is 12.2. The van der Waals surface area contributed by atoms with Crippen molar-refractivity contribution in [3.8, 4) is 11.1 Å². The van der Waals surface area contributed by atoms with E-state index in [0.29, 0.717) is 132 Å². The van der Waals surface area contributed by atoms with Crippen LogP contribution in [0.15, 0.2) is 48.5 Å². The summed E-state index contributed by atoms with van der Waals surface area (Å²) in [6, 6.07) is 16.6. The fourth-order valence-electron chi connectivity index (χ4n) is 5.53. The van der Waals surface area contributed by atoms with Crippen LogP contribution in [-0.2, 0) is 47.4 Å². The van der Waals surface area contributed by atoms with Crippen molar-refractivity contribution in [2.45, 2.75) is 38.0 Å². The topological polar surface area (TPSA) is 121 Å². The van der Waals surface area contributed by atoms with Gasteiger partial charge in [0.2, 0.25) is 0 Å². The van der Waals surface area contributed by atoms with E-state index >= 15 is 0 Å². The molecule has 0 radical (unpaired) electrons. The molecular formula is C40H62ClNO11. The molecule has 0 fully saturated rings. The van der Waals surface area contributed by atoms with Gasteiger partial charge in [-0.1, -0.05) is 61.4 Å². The van der Waals surface area contributed by atoms with E-state index < -0.39 is 6.09 Å². The maximum absolute atomic E-state index is 12.3. The molecule has 12 nitrogen and oxygen atoms in total. The highest BCUT2D eigenvalue weighted by molar-refractivity contribution is 6.17. The average Bonchev–Trinajstić information content (AvgIpc) is 3.50. The van der Waals surface area contributed by atoms with Crippen molar-refractivity contribution < 1.29 is 52.2 Å². The van der Waals surface area contributed by atoms with Gasteiger partial charge in [-0.15, -0.1) is 11.6 Å². The number of alkyl carbamates (subject to hydrolysis) is 1. The van der Waals surface area contributed by atoms with Crippen molar-refractivity contribution in [1.29, 1.82) is 0 Å². The molecule has 0 aliphatic heterocycles. The van der Waals surface area contributed by atoms with E-state index in [9.17, 15) is 4.79 Å². The van der Waals surface area contributed by atoms with Crippen LogP contribution in [0, 0.1) is 0 Å². The lowest BCUT2D eigenvalue weighted by molar-refractivity contribution is -0.0250. The van der Waals surface area contributed by atoms with Crippen molar-refractivity contribution in [1.82, 2.24) is 5.32 Å². The van der Waals surface area contributed by atoms with Crippen LogP contribution in [-0.4, -0.2) is 144 Å². The van der Waals surface area contributed by atoms with E-state index in [1.165, 1.54) is 28.7 Å². The zero-order valence-electron chi connectivity index (χ0n) is 31.4. The quantitative estimate of drug-likeness (QED) is 0.0663. The number of amides is 1. The highest BCUT2D eigenvalue weighted by Gasteiger charge is 2.28. The van der Waals surface area contributed by atoms with Gasteiger partial charge in [-0.05, 0) is 41.5 Å². The van der Waals surface area contributed by atoms with Crippen molar-refractivity contribution in [3.63, 3.8) is 0 Å². The molecule has 2 aromatic carbocycles. The van der Waals surface area contributed by atoms with E-state index in [1.54, 1.807) is 0 Å². The zero-order chi connectivity index (χ0) is 37.3. The molecule has 0 atom stereocenters. The molecule has 2 aromatic rings. The SMILES string of the molecule is O=C(NCCCOCCOCCOCCOCCOCCOCCOCCOCCOCCCCCCCl)OCC1c2ccccc2-c2ccccc21. The minimum absolute atomic E-state index is 0.0517. The van der Waals surface area contributed by atoms with Crippen LogP contribution in [0.25, 0.3) is 11.1 Å². The number of hydrogen-bond acceptors (Lipinski definition) is 11. The standard InChI is InChI=1S/C40H62ClNO11/c41-14-7-1-2-8-16-44-18-20-46-22-24-48-26-28-50-30-32-52-33-31-51-29-27-49-25-23-47-21-19-45-17-9-15-42-40(43)53-34-39-37-12-5-3-10-35(37)36-11-4-6-13-38(36)39/h3-6,10-13,39H,1-2,7-9,14-34H2,(H,42,43). The second kappa shape index (κ2) is 31.9. The highest BCUT2D eigenvalue weighted by Crippen LogP contribution is 2.44. The Morgan fingerprint density at radius 1 is 0.472 bits per heavy atom. The summed E-state index contributed by atoms with van der Waals surface area (Å²) in [4.78, 5) is 12.3. The van der Waals surface area contributed by atoms with Crippen molar-refractivity contribution in [3.05, 3.63) is 59.7 Å². The Labute approximate surface area is 321 Å². The number of carbonyl (C=O) groups excluding carboxylic acids is 1. The molecule has 53 heavy (non-hydrogen) atoms. The molecular weight excluding hydrogens is 706 g/mol. The first kappa shape index (κ1) is 45.0. The van der Waals surface area contributed by atoms with Crippen LogP contribution in [0.1, 0.15) is 49.1 Å². The van der Waals surface area contributed by atoms with Gasteiger partial charge in [0.15, 0.2) is 0 Å². The normalized spacial score (nSPS) is 12.2. The van der Waals surface area contributed by atoms with E-state index in [4.69, 9.17) is 59.0 Å². The van der Waals surface area contributed by atoms with Gasteiger partial charge < -0.3 is 52.7 Å². The fraction of sp³-hybridized carbons (Fsp3) is 0.675. The van der Waals surface area contributed by atoms with Crippen LogP contribution in [0.4, 0.5) is 4.79 Å². The minimum atomic E-state index is -0.413. The number of halogens is 1. The monoisotopic (exact) mass is 767 g/mol. The molecule has 0 unspecified atom stereocenters. The number of benzene rings is 2. The third kappa shape index (κ3) is 21.4. The van der Waals surface area contributed by atoms with Crippen LogP contribution < -0.4 is 5.32 Å². The van der Waals surface area contributed by atoms with Crippen molar-refractivity contribution >= 4 is 17.7 Å². The molecule has 1 aliphatic carbocycles. The van der Waals surface area contributed by atoms with E-state index in [-0.39, 0.29) is 5.92 Å². The van der Waals surface area contributed by atoms with Crippen LogP contribution >= 0.6 is 11.6 Å². The summed E-state index contributed by atoms with van der Waals surface area (Å²) < 4.78 is 55.2. The van der Waals surface area contributed by atoms with Gasteiger partial charge in [0.05, 0.1) is 106 Å². The Balaban J connectivity index is 0.952. The van der Waals surface area contributed by atoms with Crippen molar-refractivity contribution in [2.24, 2.45) is 0 Å². The molecule has 3 rings (SSSR count). The van der Waals surface area contributed by atoms with E-state index in [1.807, 2.05) is 24.3 Å². The summed E-state index contributed by atoms with van der Waals surface area (Å²) in [6.45, 7) is 10.4. The number of carbonyl (C=O) groups is 1. The second-order valence-corrected chi connectivity index (χ2v) is 12.6. The van der Waals surface area contributed by atoms with E-state index in [2.05, 4.69) is 29.6 Å². The number of unbranched alkanes of at least 4 members (excludes halogenated alkanes) is 3. The molecule has 1 N–H and O–H groups in total. The first-order valence-electron chi connectivity index (χ1n) is 19.2. The smallest absolute Gasteiger partial charge is 0.407 e. The summed E-state index contributed by atoms with van der Waals surface area (Å²) in [5.74, 6) is 0.792. The summed E-state index contributed by atoms with van der Waals surface area (Å²) in [5, 5.41) is 2.81. The molecule has 0 bridgehead atoms. The minimum Gasteiger partial charge on any atom is -0.449 e. The summed E-state index contributed by atoms with van der Waals surface area (Å²) in [6.07, 6.45) is 4.76. The van der Waals surface area contributed by atoms with Gasteiger partial charge >= 0.3 is 6.09 Å². The summed E-state index contributed by atoms with van der Waals surface area (Å²) >= 11 is 5.66. The maximum Gasteiger partial charge on any atom is 0.407 e. The molecule has 13 heteroatoms. The third-order valence-corrected chi connectivity index (χ3v) is 8.49. The Bertz CT molecular complexity index is 1130. The largest absolute Gasteiger partial charge is 0.449 e. The number of fused-ring (bicyclic) bond motifs is 3. The average molecular weight is 768 g/mol. The highest BCUT2D eigenvalue weighted by atomic mass is 35.5. The lowest BCUT2D eigenvalue weighted by Gasteiger charge is -2.14. The number of ether oxygens (including phenoxy) is 10. The van der Waals surface area contributed by atoms with Crippen molar-refractivity contribution in [2.75, 3.05) is 138 Å². The number of rotatable bonds is 36. The Morgan fingerprint density at radius 3 is 1.25 bits per heavy atom. The summed E-state index contributed by atoms with van der Waals surface area (Å²) in [5.41, 5.74) is 4.81. The lowest BCUT2D eigenvalue weighted by Crippen LogP contribution is -2.27. The van der Waals surface area contributed by atoms with Gasteiger partial charge in [0.25, 0.3) is 0 Å². The van der Waals surface area contributed by atoms with Gasteiger partial charge in [-0.25, -0.2) is 4.79 Å². The van der Waals surface area contributed by atoms with Crippen LogP contribution in [0.5, 0.6) is 0 Å². The summed E-state index contributed by atoms with van der Waals surface area (Å²) in [7, 11) is 0. The van der Waals surface area contributed by atoms with Gasteiger partial charge in [0.1, 0.15) is 6.61 Å². The molecule has 300 valence electrons. The molecule has 1 amide bonds. The Kier molecular flexibility index (Phi) is 27.1. The Hall–Kier alpha value is -2.36. The first-order valence-corrected chi connectivity index (χ1v) is 19.7. The molecule has 1 aliphatic rings. The fourth-order valence-corrected chi connectivity index (χ4v) is 5.72. The van der Waals surface area contributed by atoms with Crippen LogP contribution in [0.3, 0.4) is 0 Å².